The molecule has 4 heteroatoms. The van der Waals surface area contributed by atoms with Gasteiger partial charge in [-0.05, 0) is 19.8 Å². The minimum atomic E-state index is -0.347. The van der Waals surface area contributed by atoms with E-state index in [0.29, 0.717) is 5.15 Å². The van der Waals surface area contributed by atoms with Crippen LogP contribution in [0.2, 0.25) is 5.15 Å². The summed E-state index contributed by atoms with van der Waals surface area (Å²) < 4.78 is 1.90. The lowest BCUT2D eigenvalue weighted by Crippen LogP contribution is -2.25. The summed E-state index contributed by atoms with van der Waals surface area (Å²) in [5.74, 6) is 0. The van der Waals surface area contributed by atoms with Gasteiger partial charge in [-0.3, -0.25) is 0 Å². The highest BCUT2D eigenvalue weighted by molar-refractivity contribution is 6.30. The SMILES string of the molecule is CC(O)C1(c2c(Cl)ncn2C)CC1. The zero-order valence-electron chi connectivity index (χ0n) is 7.79. The van der Waals surface area contributed by atoms with Gasteiger partial charge in [0.2, 0.25) is 0 Å². The van der Waals surface area contributed by atoms with Gasteiger partial charge in [-0.1, -0.05) is 11.6 Å². The van der Waals surface area contributed by atoms with Crippen molar-refractivity contribution in [3.8, 4) is 0 Å². The van der Waals surface area contributed by atoms with E-state index in [1.165, 1.54) is 0 Å². The summed E-state index contributed by atoms with van der Waals surface area (Å²) in [6.07, 6.45) is 3.36. The van der Waals surface area contributed by atoms with Crippen LogP contribution in [-0.2, 0) is 12.5 Å². The quantitative estimate of drug-likeness (QED) is 0.786. The van der Waals surface area contributed by atoms with E-state index >= 15 is 0 Å². The average molecular weight is 201 g/mol. The number of aliphatic hydroxyl groups is 1. The lowest BCUT2D eigenvalue weighted by molar-refractivity contribution is 0.147. The van der Waals surface area contributed by atoms with Gasteiger partial charge in [0.25, 0.3) is 0 Å². The maximum absolute atomic E-state index is 9.66. The Kier molecular flexibility index (Phi) is 1.89. The number of aromatic nitrogens is 2. The molecule has 1 aromatic heterocycles. The van der Waals surface area contributed by atoms with Crippen molar-refractivity contribution >= 4 is 11.6 Å². The number of imidazole rings is 1. The molecule has 1 aromatic rings. The summed E-state index contributed by atoms with van der Waals surface area (Å²) >= 11 is 5.97. The van der Waals surface area contributed by atoms with Crippen molar-refractivity contribution in [3.05, 3.63) is 17.2 Å². The predicted octanol–water partition coefficient (Wildman–Crippen LogP) is 1.49. The van der Waals surface area contributed by atoms with Crippen LogP contribution in [0.3, 0.4) is 0 Å². The van der Waals surface area contributed by atoms with Crippen LogP contribution in [0.4, 0.5) is 0 Å². The molecule has 0 radical (unpaired) electrons. The molecule has 1 aliphatic rings. The largest absolute Gasteiger partial charge is 0.392 e. The average Bonchev–Trinajstić information content (AvgIpc) is 2.77. The molecule has 0 aliphatic heterocycles. The number of hydrogen-bond donors (Lipinski definition) is 1. The number of halogens is 1. The highest BCUT2D eigenvalue weighted by Crippen LogP contribution is 2.52. The summed E-state index contributed by atoms with van der Waals surface area (Å²) in [6.45, 7) is 1.82. The lowest BCUT2D eigenvalue weighted by atomic mass is 9.97. The van der Waals surface area contributed by atoms with Crippen LogP contribution >= 0.6 is 11.6 Å². The van der Waals surface area contributed by atoms with Crippen molar-refractivity contribution in [1.82, 2.24) is 9.55 Å². The molecule has 1 aliphatic carbocycles. The lowest BCUT2D eigenvalue weighted by Gasteiger charge is -2.19. The Balaban J connectivity index is 2.45. The molecule has 2 rings (SSSR count). The van der Waals surface area contributed by atoms with E-state index in [2.05, 4.69) is 4.98 Å². The van der Waals surface area contributed by atoms with Gasteiger partial charge in [0, 0.05) is 12.5 Å². The summed E-state index contributed by atoms with van der Waals surface area (Å²) in [4.78, 5) is 4.02. The van der Waals surface area contributed by atoms with Crippen LogP contribution < -0.4 is 0 Å². The molecular weight excluding hydrogens is 188 g/mol. The first-order valence-corrected chi connectivity index (χ1v) is 4.81. The molecule has 3 nitrogen and oxygen atoms in total. The molecule has 0 amide bonds. The summed E-state index contributed by atoms with van der Waals surface area (Å²) in [6, 6.07) is 0. The zero-order chi connectivity index (χ0) is 9.64. The zero-order valence-corrected chi connectivity index (χ0v) is 8.54. The smallest absolute Gasteiger partial charge is 0.150 e. The highest BCUT2D eigenvalue weighted by atomic mass is 35.5. The molecule has 1 N–H and O–H groups in total. The van der Waals surface area contributed by atoms with Crippen molar-refractivity contribution in [2.75, 3.05) is 0 Å². The molecule has 0 saturated heterocycles. The molecule has 0 spiro atoms. The third-order valence-corrected chi connectivity index (χ3v) is 3.23. The third-order valence-electron chi connectivity index (χ3n) is 2.95. The Bertz CT molecular complexity index is 309. The molecule has 0 aromatic carbocycles. The van der Waals surface area contributed by atoms with Gasteiger partial charge >= 0.3 is 0 Å². The Morgan fingerprint density at radius 2 is 2.31 bits per heavy atom. The Morgan fingerprint density at radius 3 is 2.62 bits per heavy atom. The van der Waals surface area contributed by atoms with Gasteiger partial charge in [-0.2, -0.15) is 0 Å². The Hall–Kier alpha value is -0.540. The van der Waals surface area contributed by atoms with Crippen molar-refractivity contribution < 1.29 is 5.11 Å². The van der Waals surface area contributed by atoms with Gasteiger partial charge in [0.1, 0.15) is 0 Å². The van der Waals surface area contributed by atoms with Crippen molar-refractivity contribution in [2.24, 2.45) is 7.05 Å². The number of aliphatic hydroxyl groups excluding tert-OH is 1. The van der Waals surface area contributed by atoms with E-state index in [-0.39, 0.29) is 11.5 Å². The monoisotopic (exact) mass is 200 g/mol. The predicted molar refractivity (Wildman–Crippen MR) is 50.8 cm³/mol. The third kappa shape index (κ3) is 1.18. The fourth-order valence-corrected chi connectivity index (χ4v) is 2.31. The Labute approximate surface area is 82.4 Å². The van der Waals surface area contributed by atoms with Crippen molar-refractivity contribution in [2.45, 2.75) is 31.3 Å². The second-order valence-corrected chi connectivity index (χ2v) is 4.19. The van der Waals surface area contributed by atoms with Gasteiger partial charge in [0.15, 0.2) is 5.15 Å². The number of nitrogens with zero attached hydrogens (tertiary/aromatic N) is 2. The molecule has 1 unspecified atom stereocenters. The van der Waals surface area contributed by atoms with Crippen molar-refractivity contribution in [3.63, 3.8) is 0 Å². The van der Waals surface area contributed by atoms with E-state index in [0.717, 1.165) is 18.5 Å². The molecule has 72 valence electrons. The first-order chi connectivity index (χ1) is 6.08. The first kappa shape index (κ1) is 9.03. The maximum Gasteiger partial charge on any atom is 0.150 e. The summed E-state index contributed by atoms with van der Waals surface area (Å²) in [5, 5.41) is 10.2. The fraction of sp³-hybridized carbons (Fsp3) is 0.667. The minimum absolute atomic E-state index is 0.123. The topological polar surface area (TPSA) is 38.1 Å². The second kappa shape index (κ2) is 2.72. The standard InChI is InChI=1S/C9H13ClN2O/c1-6(13)9(3-4-9)7-8(10)11-5-12(7)2/h5-6,13H,3-4H2,1-2H3. The molecular formula is C9H13ClN2O. The minimum Gasteiger partial charge on any atom is -0.392 e. The maximum atomic E-state index is 9.66. The van der Waals surface area contributed by atoms with E-state index in [4.69, 9.17) is 11.6 Å². The van der Waals surface area contributed by atoms with Crippen LogP contribution in [0.1, 0.15) is 25.5 Å². The molecule has 1 heterocycles. The van der Waals surface area contributed by atoms with Crippen LogP contribution in [0.5, 0.6) is 0 Å². The van der Waals surface area contributed by atoms with E-state index in [9.17, 15) is 5.11 Å². The molecule has 1 atom stereocenters. The van der Waals surface area contributed by atoms with Crippen LogP contribution in [0.15, 0.2) is 6.33 Å². The first-order valence-electron chi connectivity index (χ1n) is 4.43. The van der Waals surface area contributed by atoms with E-state index in [1.807, 2.05) is 18.5 Å². The van der Waals surface area contributed by atoms with Crippen molar-refractivity contribution in [1.29, 1.82) is 0 Å². The number of aryl methyl sites for hydroxylation is 1. The molecule has 13 heavy (non-hydrogen) atoms. The normalized spacial score (nSPS) is 21.5. The van der Waals surface area contributed by atoms with Crippen LogP contribution in [-0.4, -0.2) is 20.8 Å². The summed E-state index contributed by atoms with van der Waals surface area (Å²) in [7, 11) is 1.91. The van der Waals surface area contributed by atoms with Gasteiger partial charge < -0.3 is 9.67 Å². The molecule has 0 bridgehead atoms. The van der Waals surface area contributed by atoms with Crippen LogP contribution in [0, 0.1) is 0 Å². The van der Waals surface area contributed by atoms with Gasteiger partial charge in [0.05, 0.1) is 18.1 Å². The highest BCUT2D eigenvalue weighted by Gasteiger charge is 2.51. The van der Waals surface area contributed by atoms with E-state index in [1.54, 1.807) is 6.33 Å². The fourth-order valence-electron chi connectivity index (χ4n) is 1.95. The number of rotatable bonds is 2. The van der Waals surface area contributed by atoms with Gasteiger partial charge in [-0.25, -0.2) is 4.98 Å². The summed E-state index contributed by atoms with van der Waals surface area (Å²) in [5.41, 5.74) is 0.853. The van der Waals surface area contributed by atoms with Crippen LogP contribution in [0.25, 0.3) is 0 Å². The Morgan fingerprint density at radius 1 is 1.69 bits per heavy atom. The van der Waals surface area contributed by atoms with Gasteiger partial charge in [-0.15, -0.1) is 0 Å². The number of hydrogen-bond acceptors (Lipinski definition) is 2. The molecule has 1 fully saturated rings. The second-order valence-electron chi connectivity index (χ2n) is 3.83. The molecule has 1 saturated carbocycles. The van der Waals surface area contributed by atoms with E-state index < -0.39 is 0 Å².